The summed E-state index contributed by atoms with van der Waals surface area (Å²) >= 11 is 0. The van der Waals surface area contributed by atoms with Crippen LogP contribution in [0.25, 0.3) is 5.69 Å². The zero-order chi connectivity index (χ0) is 16.6. The molecule has 0 atom stereocenters. The number of piperidine rings is 1. The van der Waals surface area contributed by atoms with Crippen LogP contribution in [0.15, 0.2) is 24.5 Å². The maximum absolute atomic E-state index is 14.2. The van der Waals surface area contributed by atoms with Gasteiger partial charge in [-0.15, -0.1) is 0 Å². The van der Waals surface area contributed by atoms with Gasteiger partial charge in [-0.05, 0) is 6.07 Å². The summed E-state index contributed by atoms with van der Waals surface area (Å²) < 4.78 is 41.7. The fraction of sp³-hybridized carbons (Fsp3) is 0.357. The van der Waals surface area contributed by atoms with Crippen LogP contribution in [-0.2, 0) is 0 Å². The number of pyridine rings is 1. The number of anilines is 1. The molecule has 3 heterocycles. The van der Waals surface area contributed by atoms with E-state index < -0.39 is 17.7 Å². The van der Waals surface area contributed by atoms with Crippen LogP contribution in [-0.4, -0.2) is 44.9 Å². The first kappa shape index (κ1) is 15.3. The second-order valence-electron chi connectivity index (χ2n) is 5.29. The molecule has 1 N–H and O–H groups in total. The van der Waals surface area contributed by atoms with Gasteiger partial charge < -0.3 is 10.0 Å². The quantitative estimate of drug-likeness (QED) is 0.937. The molecule has 1 aliphatic heterocycles. The molecule has 3 rings (SSSR count). The molecule has 6 nitrogen and oxygen atoms in total. The highest BCUT2D eigenvalue weighted by molar-refractivity contribution is 5.85. The van der Waals surface area contributed by atoms with Crippen molar-refractivity contribution in [3.05, 3.63) is 36.0 Å². The molecule has 2 aromatic heterocycles. The number of hydrogen-bond donors (Lipinski definition) is 1. The van der Waals surface area contributed by atoms with Crippen LogP contribution < -0.4 is 4.90 Å². The van der Waals surface area contributed by atoms with Crippen molar-refractivity contribution >= 4 is 11.8 Å². The third-order valence-electron chi connectivity index (χ3n) is 3.67. The lowest BCUT2D eigenvalue weighted by molar-refractivity contribution is -0.0222. The summed E-state index contributed by atoms with van der Waals surface area (Å²) in [6, 6.07) is 2.43. The van der Waals surface area contributed by atoms with E-state index >= 15 is 0 Å². The van der Waals surface area contributed by atoms with Crippen molar-refractivity contribution in [3.8, 4) is 5.69 Å². The Morgan fingerprint density at radius 1 is 1.30 bits per heavy atom. The molecule has 122 valence electrons. The SMILES string of the molecule is O=C(O)c1ccn(-c2cnc(N3CCC(F)(F)CC3)c(F)c2)n1. The molecule has 0 bridgehead atoms. The Bertz CT molecular complexity index is 737. The summed E-state index contributed by atoms with van der Waals surface area (Å²) in [6.45, 7) is 0.0579. The summed E-state index contributed by atoms with van der Waals surface area (Å²) in [4.78, 5) is 16.2. The lowest BCUT2D eigenvalue weighted by Gasteiger charge is -2.32. The average Bonchev–Trinajstić information content (AvgIpc) is 2.98. The molecule has 9 heteroatoms. The number of aromatic nitrogens is 3. The summed E-state index contributed by atoms with van der Waals surface area (Å²) in [5.41, 5.74) is 0.0776. The molecule has 23 heavy (non-hydrogen) atoms. The molecule has 2 aromatic rings. The average molecular weight is 326 g/mol. The van der Waals surface area contributed by atoms with E-state index in [9.17, 15) is 18.0 Å². The first-order valence-electron chi connectivity index (χ1n) is 6.93. The van der Waals surface area contributed by atoms with E-state index in [0.29, 0.717) is 0 Å². The molecule has 1 aliphatic rings. The zero-order valence-electron chi connectivity index (χ0n) is 11.9. The number of aromatic carboxylic acids is 1. The Balaban J connectivity index is 1.82. The largest absolute Gasteiger partial charge is 0.476 e. The van der Waals surface area contributed by atoms with Crippen LogP contribution in [0, 0.1) is 5.82 Å². The third kappa shape index (κ3) is 3.13. The van der Waals surface area contributed by atoms with Crippen molar-refractivity contribution in [1.82, 2.24) is 14.8 Å². The highest BCUT2D eigenvalue weighted by atomic mass is 19.3. The normalized spacial score (nSPS) is 17.3. The maximum atomic E-state index is 14.2. The molecule has 0 spiro atoms. The number of carboxylic acid groups (broad SMARTS) is 1. The smallest absolute Gasteiger partial charge is 0.356 e. The minimum atomic E-state index is -2.71. The molecule has 0 aromatic carbocycles. The van der Waals surface area contributed by atoms with E-state index in [1.165, 1.54) is 28.0 Å². The van der Waals surface area contributed by atoms with Gasteiger partial charge in [0.05, 0.1) is 11.9 Å². The van der Waals surface area contributed by atoms with Gasteiger partial charge in [0.25, 0.3) is 5.92 Å². The molecular formula is C14H13F3N4O2. The van der Waals surface area contributed by atoms with Crippen molar-refractivity contribution in [2.45, 2.75) is 18.8 Å². The number of carbonyl (C=O) groups is 1. The molecule has 0 radical (unpaired) electrons. The molecular weight excluding hydrogens is 313 g/mol. The Kier molecular flexibility index (Phi) is 3.70. The van der Waals surface area contributed by atoms with Crippen molar-refractivity contribution in [1.29, 1.82) is 0 Å². The summed E-state index contributed by atoms with van der Waals surface area (Å²) in [5, 5.41) is 12.6. The van der Waals surface area contributed by atoms with E-state index in [0.717, 1.165) is 6.07 Å². The van der Waals surface area contributed by atoms with Gasteiger partial charge in [0.15, 0.2) is 17.3 Å². The second-order valence-corrected chi connectivity index (χ2v) is 5.29. The number of nitrogens with zero attached hydrogens (tertiary/aromatic N) is 4. The van der Waals surface area contributed by atoms with Gasteiger partial charge >= 0.3 is 5.97 Å². The van der Waals surface area contributed by atoms with Gasteiger partial charge in [-0.1, -0.05) is 0 Å². The first-order valence-corrected chi connectivity index (χ1v) is 6.93. The number of rotatable bonds is 3. The fourth-order valence-electron chi connectivity index (χ4n) is 2.41. The molecule has 0 unspecified atom stereocenters. The summed E-state index contributed by atoms with van der Waals surface area (Å²) in [5.74, 6) is -4.56. The number of alkyl halides is 2. The van der Waals surface area contributed by atoms with E-state index in [-0.39, 0.29) is 43.1 Å². The Morgan fingerprint density at radius 3 is 2.57 bits per heavy atom. The second kappa shape index (κ2) is 5.56. The Morgan fingerprint density at radius 2 is 2.00 bits per heavy atom. The van der Waals surface area contributed by atoms with Crippen molar-refractivity contribution in [2.75, 3.05) is 18.0 Å². The summed E-state index contributed by atoms with van der Waals surface area (Å²) in [6.07, 6.45) is 2.03. The number of halogens is 3. The monoisotopic (exact) mass is 326 g/mol. The number of hydrogen-bond acceptors (Lipinski definition) is 4. The van der Waals surface area contributed by atoms with E-state index in [1.54, 1.807) is 0 Å². The van der Waals surface area contributed by atoms with Crippen LogP contribution in [0.4, 0.5) is 19.0 Å². The predicted molar refractivity (Wildman–Crippen MR) is 74.7 cm³/mol. The topological polar surface area (TPSA) is 71.2 Å². The van der Waals surface area contributed by atoms with Crippen LogP contribution >= 0.6 is 0 Å². The van der Waals surface area contributed by atoms with Gasteiger partial charge in [-0.3, -0.25) is 0 Å². The molecule has 0 amide bonds. The van der Waals surface area contributed by atoms with Crippen LogP contribution in [0.1, 0.15) is 23.3 Å². The molecule has 1 fully saturated rings. The van der Waals surface area contributed by atoms with Gasteiger partial charge in [-0.2, -0.15) is 5.10 Å². The van der Waals surface area contributed by atoms with Gasteiger partial charge in [0, 0.05) is 38.2 Å². The Labute approximate surface area is 129 Å². The van der Waals surface area contributed by atoms with E-state index in [1.807, 2.05) is 0 Å². The molecule has 1 saturated heterocycles. The highest BCUT2D eigenvalue weighted by Crippen LogP contribution is 2.30. The minimum absolute atomic E-state index is 0.00913. The van der Waals surface area contributed by atoms with Crippen molar-refractivity contribution < 1.29 is 23.1 Å². The standard InChI is InChI=1S/C14H13F3N4O2/c15-10-7-9(21-4-1-11(19-21)13(22)23)8-18-12(10)20-5-2-14(16,17)3-6-20/h1,4,7-8H,2-3,5-6H2,(H,22,23). The Hall–Kier alpha value is -2.58. The van der Waals surface area contributed by atoms with Crippen LogP contribution in [0.5, 0.6) is 0 Å². The van der Waals surface area contributed by atoms with E-state index in [4.69, 9.17) is 5.11 Å². The van der Waals surface area contributed by atoms with Crippen molar-refractivity contribution in [3.63, 3.8) is 0 Å². The number of carboxylic acids is 1. The zero-order valence-corrected chi connectivity index (χ0v) is 11.9. The maximum Gasteiger partial charge on any atom is 0.356 e. The van der Waals surface area contributed by atoms with E-state index in [2.05, 4.69) is 10.1 Å². The minimum Gasteiger partial charge on any atom is -0.476 e. The van der Waals surface area contributed by atoms with Crippen LogP contribution in [0.2, 0.25) is 0 Å². The lowest BCUT2D eigenvalue weighted by atomic mass is 10.1. The van der Waals surface area contributed by atoms with Crippen LogP contribution in [0.3, 0.4) is 0 Å². The lowest BCUT2D eigenvalue weighted by Crippen LogP contribution is -2.40. The van der Waals surface area contributed by atoms with Crippen molar-refractivity contribution in [2.24, 2.45) is 0 Å². The van der Waals surface area contributed by atoms with Gasteiger partial charge in [0.1, 0.15) is 0 Å². The first-order chi connectivity index (χ1) is 10.9. The van der Waals surface area contributed by atoms with Gasteiger partial charge in [0.2, 0.25) is 0 Å². The van der Waals surface area contributed by atoms with Gasteiger partial charge in [-0.25, -0.2) is 27.6 Å². The highest BCUT2D eigenvalue weighted by Gasteiger charge is 2.35. The fourth-order valence-corrected chi connectivity index (χ4v) is 2.41. The third-order valence-corrected chi connectivity index (χ3v) is 3.67. The molecule has 0 saturated carbocycles. The predicted octanol–water partition coefficient (Wildman–Crippen LogP) is 2.34. The molecule has 0 aliphatic carbocycles. The summed E-state index contributed by atoms with van der Waals surface area (Å²) in [7, 11) is 0.